The molecule has 0 N–H and O–H groups in total. The van der Waals surface area contributed by atoms with Gasteiger partial charge in [-0.1, -0.05) is 33.6 Å². The van der Waals surface area contributed by atoms with Crippen molar-refractivity contribution >= 4 is 9.47 Å². The molecule has 0 amide bonds. The fourth-order valence-electron chi connectivity index (χ4n) is 0.118. The number of hydrogen-bond donors (Lipinski definition) is 0. The lowest BCUT2D eigenvalue weighted by molar-refractivity contribution is 0.371. The molecule has 0 spiro atoms. The van der Waals surface area contributed by atoms with Crippen LogP contribution < -0.4 is 0 Å². The Kier molecular flexibility index (Phi) is 21.2. The van der Waals surface area contributed by atoms with Crippen molar-refractivity contribution in [3.05, 3.63) is 0 Å². The van der Waals surface area contributed by atoms with E-state index in [0.717, 1.165) is 13.0 Å². The van der Waals surface area contributed by atoms with E-state index in [1.54, 1.807) is 0 Å². The molecule has 0 rings (SSSR count). The van der Waals surface area contributed by atoms with Crippen molar-refractivity contribution in [1.82, 2.24) is 0 Å². The fraction of sp³-hybridized carbons (Fsp3) is 1.00. The molecule has 0 aromatic heterocycles. The van der Waals surface area contributed by atoms with E-state index >= 15 is 0 Å². The van der Waals surface area contributed by atoms with Crippen molar-refractivity contribution in [3.63, 3.8) is 0 Å². The van der Waals surface area contributed by atoms with Crippen LogP contribution in [0.5, 0.6) is 0 Å². The van der Waals surface area contributed by atoms with Crippen LogP contribution in [0.4, 0.5) is 0 Å². The normalized spacial score (nSPS) is 8.00. The average Bonchev–Trinajstić information content (AvgIpc) is 1.91. The maximum atomic E-state index is 4.61. The lowest BCUT2D eigenvalue weighted by Crippen LogP contribution is -1.73. The first kappa shape index (κ1) is 12.1. The lowest BCUT2D eigenvalue weighted by atomic mass is 10.4. The minimum Gasteiger partial charge on any atom is -0.366 e. The first-order chi connectivity index (χ1) is 4.33. The molecule has 9 heavy (non-hydrogen) atoms. The first-order valence-electron chi connectivity index (χ1n) is 3.65. The predicted molar refractivity (Wildman–Crippen MR) is 46.5 cm³/mol. The second-order valence-electron chi connectivity index (χ2n) is 1.87. The summed E-state index contributed by atoms with van der Waals surface area (Å²) in [6, 6.07) is 0. The van der Waals surface area contributed by atoms with Gasteiger partial charge in [0.1, 0.15) is 0 Å². The Morgan fingerprint density at radius 1 is 1.00 bits per heavy atom. The SMILES string of the molecule is CCCC.CCCOP. The van der Waals surface area contributed by atoms with E-state index in [-0.39, 0.29) is 0 Å². The highest BCUT2D eigenvalue weighted by atomic mass is 31.0. The van der Waals surface area contributed by atoms with E-state index < -0.39 is 0 Å². The molecule has 0 saturated heterocycles. The molecule has 1 nitrogen and oxygen atoms in total. The maximum absolute atomic E-state index is 4.61. The average molecular weight is 150 g/mol. The molecule has 0 bridgehead atoms. The summed E-state index contributed by atoms with van der Waals surface area (Å²) in [4.78, 5) is 0. The summed E-state index contributed by atoms with van der Waals surface area (Å²) in [7, 11) is 2.20. The van der Waals surface area contributed by atoms with E-state index in [1.807, 2.05) is 0 Å². The second kappa shape index (κ2) is 15.8. The Morgan fingerprint density at radius 3 is 1.44 bits per heavy atom. The van der Waals surface area contributed by atoms with Gasteiger partial charge in [-0.25, -0.2) is 0 Å². The Morgan fingerprint density at radius 2 is 1.44 bits per heavy atom. The standard InChI is InChI=1S/C4H10.C3H9OP/c1-3-4-2;1-2-3-4-5/h3-4H2,1-2H3;2-3,5H2,1H3. The van der Waals surface area contributed by atoms with E-state index in [2.05, 4.69) is 34.8 Å². The quantitative estimate of drug-likeness (QED) is 0.562. The molecule has 0 fully saturated rings. The van der Waals surface area contributed by atoms with Crippen LogP contribution in [0.15, 0.2) is 0 Å². The Labute approximate surface area is 61.5 Å². The van der Waals surface area contributed by atoms with Crippen LogP contribution in [0.2, 0.25) is 0 Å². The van der Waals surface area contributed by atoms with Crippen LogP contribution in [-0.4, -0.2) is 6.61 Å². The van der Waals surface area contributed by atoms with Crippen molar-refractivity contribution in [2.75, 3.05) is 6.61 Å². The third-order valence-corrected chi connectivity index (χ3v) is 1.06. The van der Waals surface area contributed by atoms with Crippen molar-refractivity contribution < 1.29 is 4.52 Å². The number of unbranched alkanes of at least 4 members (excludes halogenated alkanes) is 1. The highest BCUT2D eigenvalue weighted by Crippen LogP contribution is 1.84. The summed E-state index contributed by atoms with van der Waals surface area (Å²) in [5.41, 5.74) is 0. The fourth-order valence-corrected chi connectivity index (χ4v) is 0.354. The van der Waals surface area contributed by atoms with Crippen LogP contribution in [0.3, 0.4) is 0 Å². The minimum atomic E-state index is 0.852. The van der Waals surface area contributed by atoms with Gasteiger partial charge in [0, 0.05) is 16.1 Å². The largest absolute Gasteiger partial charge is 0.366 e. The molecule has 0 aliphatic heterocycles. The summed E-state index contributed by atoms with van der Waals surface area (Å²) in [6.07, 6.45) is 3.74. The molecule has 58 valence electrons. The van der Waals surface area contributed by atoms with Crippen LogP contribution in [0.25, 0.3) is 0 Å². The second-order valence-corrected chi connectivity index (χ2v) is 2.20. The van der Waals surface area contributed by atoms with Gasteiger partial charge < -0.3 is 4.52 Å². The molecule has 0 heterocycles. The van der Waals surface area contributed by atoms with Gasteiger partial charge in [0.05, 0.1) is 0 Å². The van der Waals surface area contributed by atoms with E-state index in [0.29, 0.717) is 0 Å². The summed E-state index contributed by atoms with van der Waals surface area (Å²) in [5.74, 6) is 0. The van der Waals surface area contributed by atoms with Crippen LogP contribution in [-0.2, 0) is 4.52 Å². The molecule has 0 aliphatic carbocycles. The molecule has 0 radical (unpaired) electrons. The smallest absolute Gasteiger partial charge is 0.0499 e. The first-order valence-corrected chi connectivity index (χ1v) is 4.12. The summed E-state index contributed by atoms with van der Waals surface area (Å²) >= 11 is 0. The zero-order valence-corrected chi connectivity index (χ0v) is 7.97. The van der Waals surface area contributed by atoms with Crippen molar-refractivity contribution in [2.45, 2.75) is 40.0 Å². The Bertz CT molecular complexity index is 28.1. The third-order valence-electron chi connectivity index (χ3n) is 0.822. The van der Waals surface area contributed by atoms with Crippen molar-refractivity contribution in [2.24, 2.45) is 0 Å². The maximum Gasteiger partial charge on any atom is 0.0499 e. The molecule has 0 aromatic rings. The van der Waals surface area contributed by atoms with Gasteiger partial charge in [0.15, 0.2) is 0 Å². The van der Waals surface area contributed by atoms with Crippen LogP contribution in [0.1, 0.15) is 40.0 Å². The lowest BCUT2D eigenvalue weighted by Gasteiger charge is -1.84. The molecule has 2 heteroatoms. The number of rotatable bonds is 3. The van der Waals surface area contributed by atoms with Crippen LogP contribution in [0, 0.1) is 0 Å². The summed E-state index contributed by atoms with van der Waals surface area (Å²) in [6.45, 7) is 7.29. The van der Waals surface area contributed by atoms with E-state index in [4.69, 9.17) is 0 Å². The van der Waals surface area contributed by atoms with Crippen molar-refractivity contribution in [1.29, 1.82) is 0 Å². The van der Waals surface area contributed by atoms with E-state index in [1.165, 1.54) is 12.8 Å². The molecule has 1 unspecified atom stereocenters. The van der Waals surface area contributed by atoms with Gasteiger partial charge in [-0.15, -0.1) is 0 Å². The molecule has 1 atom stereocenters. The Hall–Kier alpha value is 0.390. The monoisotopic (exact) mass is 150 g/mol. The summed E-state index contributed by atoms with van der Waals surface area (Å²) in [5, 5.41) is 0. The van der Waals surface area contributed by atoms with Crippen molar-refractivity contribution in [3.8, 4) is 0 Å². The van der Waals surface area contributed by atoms with Gasteiger partial charge in [-0.3, -0.25) is 0 Å². The molecular formula is C7H19OP. The summed E-state index contributed by atoms with van der Waals surface area (Å²) < 4.78 is 4.61. The van der Waals surface area contributed by atoms with E-state index in [9.17, 15) is 0 Å². The van der Waals surface area contributed by atoms with Gasteiger partial charge in [0.2, 0.25) is 0 Å². The van der Waals surface area contributed by atoms with Gasteiger partial charge >= 0.3 is 0 Å². The molecule has 0 saturated carbocycles. The Balaban J connectivity index is 0. The third kappa shape index (κ3) is 29.8. The van der Waals surface area contributed by atoms with Gasteiger partial charge in [0.25, 0.3) is 0 Å². The van der Waals surface area contributed by atoms with Gasteiger partial charge in [-0.05, 0) is 6.42 Å². The highest BCUT2D eigenvalue weighted by molar-refractivity contribution is 7.09. The topological polar surface area (TPSA) is 9.23 Å². The van der Waals surface area contributed by atoms with Gasteiger partial charge in [-0.2, -0.15) is 0 Å². The zero-order valence-electron chi connectivity index (χ0n) is 6.81. The van der Waals surface area contributed by atoms with Crippen LogP contribution >= 0.6 is 9.47 Å². The zero-order chi connectivity index (χ0) is 7.54. The highest BCUT2D eigenvalue weighted by Gasteiger charge is 1.66. The molecular weight excluding hydrogens is 131 g/mol. The predicted octanol–water partition coefficient (Wildman–Crippen LogP) is 3.01. The minimum absolute atomic E-state index is 0.852. The number of hydrogen-bond acceptors (Lipinski definition) is 1. The molecule has 0 aliphatic rings. The molecule has 0 aromatic carbocycles.